The summed E-state index contributed by atoms with van der Waals surface area (Å²) >= 11 is 0. The van der Waals surface area contributed by atoms with Gasteiger partial charge in [0.15, 0.2) is 0 Å². The zero-order valence-electron chi connectivity index (χ0n) is 14.0. The minimum Gasteiger partial charge on any atom is -0.497 e. The van der Waals surface area contributed by atoms with Crippen molar-refractivity contribution < 1.29 is 4.74 Å². The van der Waals surface area contributed by atoms with Crippen molar-refractivity contribution in [1.82, 2.24) is 4.57 Å². The molecule has 1 aliphatic carbocycles. The zero-order chi connectivity index (χ0) is 16.3. The standard InChI is InChI=1S/C22H19NO/c1-23-19-11-9-16(24-2)13-18(19)22-20(23)12-15-8-10-17(15)21(22)14-6-4-3-5-7-14/h3-7,9,11-13H,8,10H2,1-2H3. The van der Waals surface area contributed by atoms with E-state index in [1.54, 1.807) is 7.11 Å². The molecule has 2 heteroatoms. The van der Waals surface area contributed by atoms with E-state index < -0.39 is 0 Å². The summed E-state index contributed by atoms with van der Waals surface area (Å²) in [6.45, 7) is 0. The van der Waals surface area contributed by atoms with Crippen LogP contribution in [-0.2, 0) is 19.9 Å². The van der Waals surface area contributed by atoms with E-state index in [-0.39, 0.29) is 0 Å². The molecule has 1 aromatic heterocycles. The second-order valence-corrected chi connectivity index (χ2v) is 6.59. The fourth-order valence-electron chi connectivity index (χ4n) is 4.08. The smallest absolute Gasteiger partial charge is 0.119 e. The summed E-state index contributed by atoms with van der Waals surface area (Å²) in [6, 6.07) is 19.6. The number of aryl methyl sites for hydroxylation is 2. The van der Waals surface area contributed by atoms with Gasteiger partial charge in [-0.3, -0.25) is 0 Å². The van der Waals surface area contributed by atoms with Crippen LogP contribution in [0.3, 0.4) is 0 Å². The van der Waals surface area contributed by atoms with E-state index >= 15 is 0 Å². The summed E-state index contributed by atoms with van der Waals surface area (Å²) < 4.78 is 7.80. The molecule has 118 valence electrons. The van der Waals surface area contributed by atoms with Crippen molar-refractivity contribution in [1.29, 1.82) is 0 Å². The van der Waals surface area contributed by atoms with Crippen LogP contribution in [-0.4, -0.2) is 11.7 Å². The summed E-state index contributed by atoms with van der Waals surface area (Å²) in [6.07, 6.45) is 2.37. The lowest BCUT2D eigenvalue weighted by Crippen LogP contribution is -2.10. The van der Waals surface area contributed by atoms with E-state index in [1.807, 2.05) is 6.07 Å². The van der Waals surface area contributed by atoms with Crippen molar-refractivity contribution in [2.45, 2.75) is 12.8 Å². The number of rotatable bonds is 2. The lowest BCUT2D eigenvalue weighted by Gasteiger charge is -2.24. The molecule has 0 saturated heterocycles. The quantitative estimate of drug-likeness (QED) is 0.502. The first-order valence-corrected chi connectivity index (χ1v) is 8.44. The first-order valence-electron chi connectivity index (χ1n) is 8.44. The number of fused-ring (bicyclic) bond motifs is 4. The van der Waals surface area contributed by atoms with Crippen molar-refractivity contribution in [3.05, 3.63) is 65.7 Å². The molecule has 0 aliphatic heterocycles. The molecule has 0 bridgehead atoms. The summed E-state index contributed by atoms with van der Waals surface area (Å²) in [5.41, 5.74) is 8.31. The van der Waals surface area contributed by atoms with E-state index in [2.05, 4.69) is 60.1 Å². The maximum Gasteiger partial charge on any atom is 0.119 e. The maximum atomic E-state index is 5.48. The Bertz CT molecular complexity index is 1090. The number of ether oxygens (including phenoxy) is 1. The highest BCUT2D eigenvalue weighted by molar-refractivity contribution is 6.16. The van der Waals surface area contributed by atoms with E-state index in [4.69, 9.17) is 4.74 Å². The number of methoxy groups -OCH3 is 1. The molecule has 1 heterocycles. The highest BCUT2D eigenvalue weighted by atomic mass is 16.5. The molecule has 0 fully saturated rings. The molecule has 3 aromatic carbocycles. The average molecular weight is 313 g/mol. The minimum absolute atomic E-state index is 0.914. The number of benzene rings is 3. The van der Waals surface area contributed by atoms with Crippen molar-refractivity contribution in [3.63, 3.8) is 0 Å². The fourth-order valence-corrected chi connectivity index (χ4v) is 4.08. The van der Waals surface area contributed by atoms with Gasteiger partial charge >= 0.3 is 0 Å². The average Bonchev–Trinajstić information content (AvgIpc) is 2.88. The van der Waals surface area contributed by atoms with Gasteiger partial charge in [-0.25, -0.2) is 0 Å². The van der Waals surface area contributed by atoms with Gasteiger partial charge in [-0.1, -0.05) is 30.3 Å². The summed E-state index contributed by atoms with van der Waals surface area (Å²) in [5.74, 6) is 0.914. The molecular formula is C22H19NO. The largest absolute Gasteiger partial charge is 0.497 e. The predicted octanol–water partition coefficient (Wildman–Crippen LogP) is 5.11. The molecule has 0 amide bonds. The fraction of sp³-hybridized carbons (Fsp3) is 0.182. The van der Waals surface area contributed by atoms with Crippen LogP contribution in [0.5, 0.6) is 5.75 Å². The molecule has 0 saturated carbocycles. The Balaban J connectivity index is 2.00. The molecule has 0 N–H and O–H groups in total. The van der Waals surface area contributed by atoms with Gasteiger partial charge in [0.25, 0.3) is 0 Å². The van der Waals surface area contributed by atoms with Crippen LogP contribution < -0.4 is 4.74 Å². The Labute approximate surface area is 141 Å². The van der Waals surface area contributed by atoms with Gasteiger partial charge in [-0.2, -0.15) is 0 Å². The topological polar surface area (TPSA) is 14.2 Å². The van der Waals surface area contributed by atoms with Crippen molar-refractivity contribution in [2.75, 3.05) is 7.11 Å². The van der Waals surface area contributed by atoms with E-state index in [0.29, 0.717) is 0 Å². The van der Waals surface area contributed by atoms with Crippen LogP contribution in [0.2, 0.25) is 0 Å². The highest BCUT2D eigenvalue weighted by Crippen LogP contribution is 2.44. The molecular weight excluding hydrogens is 294 g/mol. The lowest BCUT2D eigenvalue weighted by molar-refractivity contribution is 0.415. The predicted molar refractivity (Wildman–Crippen MR) is 99.8 cm³/mol. The second kappa shape index (κ2) is 4.88. The number of hydrogen-bond acceptors (Lipinski definition) is 1. The molecule has 2 nitrogen and oxygen atoms in total. The van der Waals surface area contributed by atoms with E-state index in [0.717, 1.165) is 5.75 Å². The van der Waals surface area contributed by atoms with Gasteiger partial charge < -0.3 is 9.30 Å². The van der Waals surface area contributed by atoms with Gasteiger partial charge in [-0.05, 0) is 59.4 Å². The minimum atomic E-state index is 0.914. The van der Waals surface area contributed by atoms with Gasteiger partial charge in [0.2, 0.25) is 0 Å². The summed E-state index contributed by atoms with van der Waals surface area (Å²) in [4.78, 5) is 0. The van der Waals surface area contributed by atoms with Crippen LogP contribution >= 0.6 is 0 Å². The van der Waals surface area contributed by atoms with Crippen LogP contribution in [0.25, 0.3) is 32.9 Å². The molecule has 0 atom stereocenters. The molecule has 24 heavy (non-hydrogen) atoms. The van der Waals surface area contributed by atoms with Crippen LogP contribution in [0.1, 0.15) is 11.1 Å². The van der Waals surface area contributed by atoms with Gasteiger partial charge in [-0.15, -0.1) is 0 Å². The van der Waals surface area contributed by atoms with E-state index in [9.17, 15) is 0 Å². The Morgan fingerprint density at radius 2 is 1.75 bits per heavy atom. The third kappa shape index (κ3) is 1.71. The zero-order valence-corrected chi connectivity index (χ0v) is 14.0. The Hall–Kier alpha value is -2.74. The first kappa shape index (κ1) is 13.7. The van der Waals surface area contributed by atoms with Gasteiger partial charge in [0, 0.05) is 28.9 Å². The molecule has 0 spiro atoms. The number of hydrogen-bond donors (Lipinski definition) is 0. The van der Waals surface area contributed by atoms with Gasteiger partial charge in [0.1, 0.15) is 5.75 Å². The number of nitrogens with zero attached hydrogens (tertiary/aromatic N) is 1. The first-order chi connectivity index (χ1) is 11.8. The second-order valence-electron chi connectivity index (χ2n) is 6.59. The normalized spacial score (nSPS) is 13.1. The van der Waals surface area contributed by atoms with Crippen molar-refractivity contribution >= 4 is 21.8 Å². The maximum absolute atomic E-state index is 5.48. The summed E-state index contributed by atoms with van der Waals surface area (Å²) in [7, 11) is 3.90. The molecule has 0 unspecified atom stereocenters. The van der Waals surface area contributed by atoms with Crippen LogP contribution in [0.15, 0.2) is 54.6 Å². The summed E-state index contributed by atoms with van der Waals surface area (Å²) in [5, 5.41) is 2.64. The molecule has 1 aliphatic rings. The third-order valence-corrected chi connectivity index (χ3v) is 5.41. The molecule has 0 radical (unpaired) electrons. The van der Waals surface area contributed by atoms with Crippen molar-refractivity contribution in [3.8, 4) is 16.9 Å². The lowest BCUT2D eigenvalue weighted by atomic mass is 9.80. The van der Waals surface area contributed by atoms with Crippen LogP contribution in [0, 0.1) is 0 Å². The van der Waals surface area contributed by atoms with Crippen LogP contribution in [0.4, 0.5) is 0 Å². The third-order valence-electron chi connectivity index (χ3n) is 5.41. The highest BCUT2D eigenvalue weighted by Gasteiger charge is 2.24. The Morgan fingerprint density at radius 1 is 0.917 bits per heavy atom. The SMILES string of the molecule is COc1ccc2c(c1)c1c(-c3ccccc3)c3c(cc1n2C)CC3. The van der Waals surface area contributed by atoms with Crippen molar-refractivity contribution in [2.24, 2.45) is 7.05 Å². The Kier molecular flexibility index (Phi) is 2.78. The number of aromatic nitrogens is 1. The molecule has 5 rings (SSSR count). The monoisotopic (exact) mass is 313 g/mol. The molecule has 4 aromatic rings. The van der Waals surface area contributed by atoms with E-state index in [1.165, 1.54) is 56.9 Å². The Morgan fingerprint density at radius 3 is 2.46 bits per heavy atom. The van der Waals surface area contributed by atoms with Gasteiger partial charge in [0.05, 0.1) is 7.11 Å².